The molecule has 2 amide bonds. The quantitative estimate of drug-likeness (QED) is 0.908. The van der Waals surface area contributed by atoms with Crippen molar-refractivity contribution in [1.82, 2.24) is 14.5 Å². The van der Waals surface area contributed by atoms with Gasteiger partial charge in [-0.3, -0.25) is 9.59 Å². The van der Waals surface area contributed by atoms with Crippen LogP contribution in [0.1, 0.15) is 40.5 Å². The summed E-state index contributed by atoms with van der Waals surface area (Å²) in [6, 6.07) is 5.32. The van der Waals surface area contributed by atoms with Crippen LogP contribution in [0.4, 0.5) is 0 Å². The molecule has 0 saturated carbocycles. The number of aryl methyl sites for hydroxylation is 1. The van der Waals surface area contributed by atoms with E-state index in [0.717, 1.165) is 24.2 Å². The number of carbonyl (C=O) groups is 2. The maximum atomic E-state index is 12.9. The Balaban J connectivity index is 1.78. The molecule has 2 aromatic rings. The van der Waals surface area contributed by atoms with Crippen molar-refractivity contribution >= 4 is 23.4 Å². The Morgan fingerprint density at radius 3 is 2.92 bits per heavy atom. The van der Waals surface area contributed by atoms with Gasteiger partial charge in [0, 0.05) is 42.0 Å². The predicted molar refractivity (Wildman–Crippen MR) is 95.5 cm³/mol. The van der Waals surface area contributed by atoms with Gasteiger partial charge < -0.3 is 15.2 Å². The zero-order chi connectivity index (χ0) is 18.0. The van der Waals surface area contributed by atoms with Crippen LogP contribution in [0.5, 0.6) is 0 Å². The Bertz CT molecular complexity index is 802. The van der Waals surface area contributed by atoms with E-state index in [1.165, 1.54) is 0 Å². The molecule has 1 aliphatic rings. The Labute approximate surface area is 151 Å². The van der Waals surface area contributed by atoms with E-state index in [1.54, 1.807) is 35.2 Å². The number of primary amides is 1. The van der Waals surface area contributed by atoms with Crippen molar-refractivity contribution in [3.63, 3.8) is 0 Å². The van der Waals surface area contributed by atoms with Crippen LogP contribution in [-0.2, 0) is 11.3 Å². The average molecular weight is 361 g/mol. The van der Waals surface area contributed by atoms with Gasteiger partial charge in [0.2, 0.25) is 5.91 Å². The summed E-state index contributed by atoms with van der Waals surface area (Å²) in [5, 5.41) is 0.624. The number of halogens is 1. The highest BCUT2D eigenvalue weighted by molar-refractivity contribution is 6.30. The summed E-state index contributed by atoms with van der Waals surface area (Å²) in [6.07, 6.45) is 5.25. The van der Waals surface area contributed by atoms with Crippen molar-refractivity contribution < 1.29 is 9.59 Å². The molecule has 2 N–H and O–H groups in total. The highest BCUT2D eigenvalue weighted by atomic mass is 35.5. The molecule has 0 radical (unpaired) electrons. The lowest BCUT2D eigenvalue weighted by Crippen LogP contribution is -2.40. The molecule has 3 rings (SSSR count). The molecule has 0 spiro atoms. The highest BCUT2D eigenvalue weighted by Crippen LogP contribution is 2.27. The first-order valence-corrected chi connectivity index (χ1v) is 8.68. The van der Waals surface area contributed by atoms with Gasteiger partial charge in [0.05, 0.1) is 0 Å². The number of benzene rings is 1. The number of rotatable bonds is 4. The minimum atomic E-state index is -0.403. The fourth-order valence-electron chi connectivity index (χ4n) is 3.39. The highest BCUT2D eigenvalue weighted by Gasteiger charge is 2.28. The van der Waals surface area contributed by atoms with Crippen LogP contribution in [0.25, 0.3) is 0 Å². The molecule has 1 saturated heterocycles. The molecule has 1 aromatic carbocycles. The lowest BCUT2D eigenvalue weighted by molar-refractivity contribution is -0.118. The minimum absolute atomic E-state index is 0.00636. The summed E-state index contributed by atoms with van der Waals surface area (Å²) in [5.74, 6) is 0.510. The number of carbonyl (C=O) groups excluding carboxylic acids is 2. The summed E-state index contributed by atoms with van der Waals surface area (Å²) in [6.45, 7) is 3.29. The van der Waals surface area contributed by atoms with Crippen LogP contribution in [0.3, 0.4) is 0 Å². The molecule has 132 valence electrons. The molecule has 0 unspecified atom stereocenters. The van der Waals surface area contributed by atoms with Crippen LogP contribution in [-0.4, -0.2) is 39.4 Å². The van der Waals surface area contributed by atoms with Crippen LogP contribution >= 0.6 is 11.6 Å². The topological polar surface area (TPSA) is 81.2 Å². The van der Waals surface area contributed by atoms with Crippen molar-refractivity contribution in [2.24, 2.45) is 5.73 Å². The Morgan fingerprint density at radius 1 is 1.40 bits per heavy atom. The fourth-order valence-corrected chi connectivity index (χ4v) is 3.62. The van der Waals surface area contributed by atoms with Gasteiger partial charge in [0.1, 0.15) is 12.4 Å². The van der Waals surface area contributed by atoms with Crippen LogP contribution < -0.4 is 5.73 Å². The second-order valence-electron chi connectivity index (χ2n) is 6.43. The predicted octanol–water partition coefficient (Wildman–Crippen LogP) is 2.35. The summed E-state index contributed by atoms with van der Waals surface area (Å²) in [4.78, 5) is 30.4. The van der Waals surface area contributed by atoms with Gasteiger partial charge >= 0.3 is 0 Å². The van der Waals surface area contributed by atoms with E-state index < -0.39 is 5.91 Å². The van der Waals surface area contributed by atoms with E-state index in [0.29, 0.717) is 23.7 Å². The normalized spacial score (nSPS) is 17.5. The van der Waals surface area contributed by atoms with Crippen molar-refractivity contribution in [1.29, 1.82) is 0 Å². The average Bonchev–Trinajstić information content (AvgIpc) is 3.02. The molecule has 2 heterocycles. The van der Waals surface area contributed by atoms with Crippen LogP contribution in [0, 0.1) is 6.92 Å². The summed E-state index contributed by atoms with van der Waals surface area (Å²) < 4.78 is 1.77. The van der Waals surface area contributed by atoms with Gasteiger partial charge in [-0.25, -0.2) is 4.98 Å². The number of likely N-dealkylation sites (tertiary alicyclic amines) is 1. The number of aromatic nitrogens is 2. The minimum Gasteiger partial charge on any atom is -0.368 e. The number of piperidine rings is 1. The molecule has 1 aliphatic heterocycles. The van der Waals surface area contributed by atoms with Crippen molar-refractivity contribution in [3.05, 3.63) is 52.6 Å². The van der Waals surface area contributed by atoms with Crippen molar-refractivity contribution in [2.75, 3.05) is 13.1 Å². The first-order valence-electron chi connectivity index (χ1n) is 8.30. The Hall–Kier alpha value is -2.34. The van der Waals surface area contributed by atoms with E-state index >= 15 is 0 Å². The van der Waals surface area contributed by atoms with Gasteiger partial charge in [0.25, 0.3) is 5.91 Å². The zero-order valence-corrected chi connectivity index (χ0v) is 14.9. The zero-order valence-electron chi connectivity index (χ0n) is 14.1. The van der Waals surface area contributed by atoms with Gasteiger partial charge in [-0.15, -0.1) is 0 Å². The van der Waals surface area contributed by atoms with E-state index in [9.17, 15) is 9.59 Å². The van der Waals surface area contributed by atoms with Crippen LogP contribution in [0.15, 0.2) is 30.6 Å². The molecule has 1 aromatic heterocycles. The fraction of sp³-hybridized carbons (Fsp3) is 0.389. The summed E-state index contributed by atoms with van der Waals surface area (Å²) in [5.41, 5.74) is 6.84. The number of nitrogens with two attached hydrogens (primary N) is 1. The largest absolute Gasteiger partial charge is 0.368 e. The summed E-state index contributed by atoms with van der Waals surface area (Å²) in [7, 11) is 0. The van der Waals surface area contributed by atoms with Gasteiger partial charge in [-0.1, -0.05) is 11.6 Å². The number of nitrogens with zero attached hydrogens (tertiary/aromatic N) is 3. The van der Waals surface area contributed by atoms with Gasteiger partial charge in [-0.05, 0) is 43.5 Å². The Morgan fingerprint density at radius 2 is 2.20 bits per heavy atom. The Kier molecular flexibility index (Phi) is 5.08. The molecule has 1 atom stereocenters. The smallest absolute Gasteiger partial charge is 0.254 e. The summed E-state index contributed by atoms with van der Waals surface area (Å²) >= 11 is 5.98. The molecule has 0 aliphatic carbocycles. The van der Waals surface area contributed by atoms with E-state index in [2.05, 4.69) is 4.98 Å². The monoisotopic (exact) mass is 360 g/mol. The third-order valence-electron chi connectivity index (χ3n) is 4.57. The first kappa shape index (κ1) is 17.5. The van der Waals surface area contributed by atoms with Crippen LogP contribution in [0.2, 0.25) is 5.02 Å². The lowest BCUT2D eigenvalue weighted by atomic mass is 9.96. The van der Waals surface area contributed by atoms with Crippen molar-refractivity contribution in [3.8, 4) is 0 Å². The molecular weight excluding hydrogens is 340 g/mol. The van der Waals surface area contributed by atoms with E-state index in [-0.39, 0.29) is 18.4 Å². The number of hydrogen-bond acceptors (Lipinski definition) is 3. The van der Waals surface area contributed by atoms with E-state index in [4.69, 9.17) is 17.3 Å². The second kappa shape index (κ2) is 7.27. The molecule has 6 nitrogen and oxygen atoms in total. The molecule has 0 bridgehead atoms. The third-order valence-corrected chi connectivity index (χ3v) is 4.80. The molecular formula is C18H21ClN4O2. The standard InChI is InChI=1S/C18H21ClN4O2/c1-12-9-14(19)4-5-15(12)18(25)23-7-2-3-13(10-23)17-21-6-8-22(17)11-16(20)24/h4-6,8-9,13H,2-3,7,10-11H2,1H3,(H2,20,24)/t13-/m1/s1. The van der Waals surface area contributed by atoms with Gasteiger partial charge in [0.15, 0.2) is 0 Å². The molecule has 1 fully saturated rings. The molecule has 7 heteroatoms. The molecule has 25 heavy (non-hydrogen) atoms. The second-order valence-corrected chi connectivity index (χ2v) is 6.87. The first-order chi connectivity index (χ1) is 12.0. The number of amides is 2. The maximum Gasteiger partial charge on any atom is 0.254 e. The SMILES string of the molecule is Cc1cc(Cl)ccc1C(=O)N1CCC[C@@H](c2nccn2CC(N)=O)C1. The third kappa shape index (κ3) is 3.85. The van der Waals surface area contributed by atoms with Gasteiger partial charge in [-0.2, -0.15) is 0 Å². The number of hydrogen-bond donors (Lipinski definition) is 1. The van der Waals surface area contributed by atoms with Crippen molar-refractivity contribution in [2.45, 2.75) is 32.2 Å². The lowest BCUT2D eigenvalue weighted by Gasteiger charge is -2.33. The maximum absolute atomic E-state index is 12.9. The van der Waals surface area contributed by atoms with E-state index in [1.807, 2.05) is 11.8 Å². The number of imidazole rings is 1.